The number of hydrogen-bond acceptors (Lipinski definition) is 4. The molecule has 1 N–H and O–H groups in total. The summed E-state index contributed by atoms with van der Waals surface area (Å²) >= 11 is 0. The number of amides is 2. The Bertz CT molecular complexity index is 1270. The lowest BCUT2D eigenvalue weighted by Gasteiger charge is -2.34. The van der Waals surface area contributed by atoms with E-state index in [9.17, 15) is 14.4 Å². The molecule has 0 aromatic heterocycles. The summed E-state index contributed by atoms with van der Waals surface area (Å²) in [5.74, 6) is -1.03. The third-order valence-electron chi connectivity index (χ3n) is 6.35. The largest absolute Gasteiger partial charge is 0.463 e. The molecule has 0 aliphatic carbocycles. The highest BCUT2D eigenvalue weighted by atomic mass is 16.5. The molecule has 0 radical (unpaired) electrons. The third kappa shape index (κ3) is 5.71. The van der Waals surface area contributed by atoms with E-state index in [0.29, 0.717) is 23.4 Å². The summed E-state index contributed by atoms with van der Waals surface area (Å²) in [4.78, 5) is 40.6. The van der Waals surface area contributed by atoms with Crippen LogP contribution in [0.25, 0.3) is 0 Å². The zero-order valence-corrected chi connectivity index (χ0v) is 20.6. The van der Waals surface area contributed by atoms with Gasteiger partial charge < -0.3 is 15.0 Å². The Hall–Kier alpha value is -4.19. The highest BCUT2D eigenvalue weighted by Gasteiger charge is 2.36. The van der Waals surface area contributed by atoms with Gasteiger partial charge in [0.25, 0.3) is 5.91 Å². The number of nitrogens with one attached hydrogen (secondary N) is 1. The fourth-order valence-corrected chi connectivity index (χ4v) is 4.52. The Morgan fingerprint density at radius 3 is 2.31 bits per heavy atom. The smallest absolute Gasteiger partial charge is 0.336 e. The van der Waals surface area contributed by atoms with Crippen molar-refractivity contribution in [3.05, 3.63) is 118 Å². The highest BCUT2D eigenvalue weighted by Crippen LogP contribution is 2.37. The topological polar surface area (TPSA) is 75.7 Å². The van der Waals surface area contributed by atoms with E-state index in [2.05, 4.69) is 5.32 Å². The molecule has 0 spiro atoms. The second-order valence-electron chi connectivity index (χ2n) is 8.74. The molecule has 3 aromatic rings. The Balaban J connectivity index is 1.56. The molecule has 0 bridgehead atoms. The summed E-state index contributed by atoms with van der Waals surface area (Å²) in [6.45, 7) is 4.50. The van der Waals surface area contributed by atoms with Crippen molar-refractivity contribution in [1.82, 2.24) is 10.2 Å². The van der Waals surface area contributed by atoms with Crippen LogP contribution >= 0.6 is 0 Å². The average molecular weight is 483 g/mol. The Kier molecular flexibility index (Phi) is 7.95. The van der Waals surface area contributed by atoms with Gasteiger partial charge >= 0.3 is 5.97 Å². The van der Waals surface area contributed by atoms with Gasteiger partial charge in [-0.2, -0.15) is 0 Å². The second-order valence-corrected chi connectivity index (χ2v) is 8.74. The van der Waals surface area contributed by atoms with Crippen molar-refractivity contribution in [2.24, 2.45) is 0 Å². The quantitative estimate of drug-likeness (QED) is 0.460. The molecule has 1 aliphatic rings. The van der Waals surface area contributed by atoms with Gasteiger partial charge in [0.15, 0.2) is 0 Å². The number of ether oxygens (including phenoxy) is 1. The van der Waals surface area contributed by atoms with Crippen LogP contribution in [0.15, 0.2) is 96.2 Å². The molecule has 1 heterocycles. The van der Waals surface area contributed by atoms with E-state index in [-0.39, 0.29) is 37.3 Å². The number of rotatable bonds is 8. The van der Waals surface area contributed by atoms with Gasteiger partial charge in [-0.05, 0) is 42.7 Å². The molecule has 36 heavy (non-hydrogen) atoms. The molecule has 3 aromatic carbocycles. The van der Waals surface area contributed by atoms with E-state index in [1.165, 1.54) is 0 Å². The molecule has 1 unspecified atom stereocenters. The van der Waals surface area contributed by atoms with Crippen molar-refractivity contribution in [2.75, 3.05) is 6.61 Å². The van der Waals surface area contributed by atoms with E-state index in [1.54, 1.807) is 36.9 Å². The van der Waals surface area contributed by atoms with Gasteiger partial charge in [-0.15, -0.1) is 0 Å². The van der Waals surface area contributed by atoms with E-state index in [0.717, 1.165) is 16.7 Å². The predicted octanol–water partition coefficient (Wildman–Crippen LogP) is 4.97. The molecule has 0 saturated heterocycles. The van der Waals surface area contributed by atoms with E-state index >= 15 is 0 Å². The minimum absolute atomic E-state index is 0.0756. The number of nitrogens with zero attached hydrogens (tertiary/aromatic N) is 1. The molecule has 2 amide bonds. The summed E-state index contributed by atoms with van der Waals surface area (Å²) in [6, 6.07) is 26.5. The van der Waals surface area contributed by atoms with Gasteiger partial charge in [-0.1, -0.05) is 72.8 Å². The number of hydrogen-bond donors (Lipinski definition) is 1. The maximum Gasteiger partial charge on any atom is 0.336 e. The zero-order chi connectivity index (χ0) is 25.5. The van der Waals surface area contributed by atoms with Gasteiger partial charge in [0.1, 0.15) is 0 Å². The van der Waals surface area contributed by atoms with Gasteiger partial charge in [0, 0.05) is 30.1 Å². The molecule has 1 aliphatic heterocycles. The van der Waals surface area contributed by atoms with Crippen LogP contribution in [0.3, 0.4) is 0 Å². The Labute approximate surface area is 211 Å². The molecule has 1 atom stereocenters. The highest BCUT2D eigenvalue weighted by molar-refractivity contribution is 5.96. The fraction of sp³-hybridized carbons (Fsp3) is 0.233. The molecule has 6 heteroatoms. The first-order valence-corrected chi connectivity index (χ1v) is 12.1. The van der Waals surface area contributed by atoms with Crippen LogP contribution in [0.1, 0.15) is 53.2 Å². The third-order valence-corrected chi connectivity index (χ3v) is 6.35. The Morgan fingerprint density at radius 2 is 1.61 bits per heavy atom. The zero-order valence-electron chi connectivity index (χ0n) is 20.6. The van der Waals surface area contributed by atoms with Crippen molar-refractivity contribution in [3.63, 3.8) is 0 Å². The van der Waals surface area contributed by atoms with Gasteiger partial charge in [-0.25, -0.2) is 4.79 Å². The van der Waals surface area contributed by atoms with Crippen LogP contribution in [0.2, 0.25) is 0 Å². The van der Waals surface area contributed by atoms with Crippen LogP contribution in [0, 0.1) is 0 Å². The van der Waals surface area contributed by atoms with Gasteiger partial charge in [0.2, 0.25) is 5.91 Å². The van der Waals surface area contributed by atoms with E-state index < -0.39 is 5.97 Å². The van der Waals surface area contributed by atoms with Crippen LogP contribution in [-0.2, 0) is 27.4 Å². The van der Waals surface area contributed by atoms with Gasteiger partial charge in [0.05, 0.1) is 18.7 Å². The number of carbonyl (C=O) groups excluding carboxylic acids is 3. The molecule has 0 saturated carbocycles. The summed E-state index contributed by atoms with van der Waals surface area (Å²) < 4.78 is 5.36. The first kappa shape index (κ1) is 24.9. The number of allylic oxidation sites excluding steroid dienone is 1. The number of benzene rings is 3. The van der Waals surface area contributed by atoms with Crippen LogP contribution < -0.4 is 5.32 Å². The molecule has 4 rings (SSSR count). The van der Waals surface area contributed by atoms with Crippen LogP contribution in [0.4, 0.5) is 0 Å². The summed E-state index contributed by atoms with van der Waals surface area (Å²) in [5.41, 5.74) is 4.32. The monoisotopic (exact) mass is 482 g/mol. The standard InChI is InChI=1S/C30H30N2O4/c1-3-36-30(35)28-21(2)32(27(33)18-26(28)24-14-8-5-9-15-24)20-23-13-10-16-25(17-23)29(34)31-19-22-11-6-4-7-12-22/h4-17,26H,3,18-20H2,1-2H3,(H,31,34). The van der Waals surface area contributed by atoms with Crippen molar-refractivity contribution in [1.29, 1.82) is 0 Å². The van der Waals surface area contributed by atoms with Gasteiger partial charge in [-0.3, -0.25) is 9.59 Å². The maximum atomic E-state index is 13.3. The number of carbonyl (C=O) groups is 3. The fourth-order valence-electron chi connectivity index (χ4n) is 4.52. The lowest BCUT2D eigenvalue weighted by molar-refractivity contribution is -0.140. The normalized spacial score (nSPS) is 15.6. The van der Waals surface area contributed by atoms with Crippen molar-refractivity contribution < 1.29 is 19.1 Å². The minimum atomic E-state index is -0.407. The molecule has 184 valence electrons. The lowest BCUT2D eigenvalue weighted by atomic mass is 9.83. The van der Waals surface area contributed by atoms with E-state index in [1.807, 2.05) is 66.7 Å². The van der Waals surface area contributed by atoms with Crippen molar-refractivity contribution in [2.45, 2.75) is 39.3 Å². The number of esters is 1. The van der Waals surface area contributed by atoms with Crippen LogP contribution in [-0.4, -0.2) is 29.3 Å². The Morgan fingerprint density at radius 1 is 0.944 bits per heavy atom. The minimum Gasteiger partial charge on any atom is -0.463 e. The average Bonchev–Trinajstić information content (AvgIpc) is 2.90. The second kappa shape index (κ2) is 11.5. The first-order chi connectivity index (χ1) is 17.5. The molecular weight excluding hydrogens is 452 g/mol. The summed E-state index contributed by atoms with van der Waals surface area (Å²) in [5, 5.41) is 2.93. The molecule has 0 fully saturated rings. The molecular formula is C30H30N2O4. The summed E-state index contributed by atoms with van der Waals surface area (Å²) in [6.07, 6.45) is 0.173. The molecule has 6 nitrogen and oxygen atoms in total. The predicted molar refractivity (Wildman–Crippen MR) is 138 cm³/mol. The van der Waals surface area contributed by atoms with E-state index in [4.69, 9.17) is 4.74 Å². The van der Waals surface area contributed by atoms with Crippen LogP contribution in [0.5, 0.6) is 0 Å². The van der Waals surface area contributed by atoms with Crippen molar-refractivity contribution in [3.8, 4) is 0 Å². The SMILES string of the molecule is CCOC(=O)C1=C(C)N(Cc2cccc(C(=O)NCc3ccccc3)c2)C(=O)CC1c1ccccc1. The lowest BCUT2D eigenvalue weighted by Crippen LogP contribution is -2.38. The van der Waals surface area contributed by atoms with Crippen molar-refractivity contribution >= 4 is 17.8 Å². The summed E-state index contributed by atoms with van der Waals surface area (Å²) in [7, 11) is 0. The maximum absolute atomic E-state index is 13.3. The first-order valence-electron chi connectivity index (χ1n) is 12.1.